The minimum absolute atomic E-state index is 0.634. The van der Waals surface area contributed by atoms with E-state index in [-0.39, 0.29) is 0 Å². The number of aromatic nitrogens is 2. The maximum absolute atomic E-state index is 6.44. The fraction of sp³-hybridized carbons (Fsp3) is 0.786. The van der Waals surface area contributed by atoms with E-state index >= 15 is 0 Å². The van der Waals surface area contributed by atoms with Crippen LogP contribution in [0.5, 0.6) is 0 Å². The van der Waals surface area contributed by atoms with Crippen molar-refractivity contribution in [3.63, 3.8) is 0 Å². The Labute approximate surface area is 115 Å². The van der Waals surface area contributed by atoms with Gasteiger partial charge in [0, 0.05) is 13.1 Å². The van der Waals surface area contributed by atoms with E-state index in [1.54, 1.807) is 0 Å². The average molecular weight is 270 g/mol. The molecule has 0 amide bonds. The van der Waals surface area contributed by atoms with Crippen LogP contribution in [0.1, 0.15) is 44.0 Å². The van der Waals surface area contributed by atoms with Crippen LogP contribution in [-0.4, -0.2) is 22.9 Å². The Morgan fingerprint density at radius 3 is 2.72 bits per heavy atom. The molecule has 0 radical (unpaired) electrons. The third-order valence-corrected chi connectivity index (χ3v) is 4.67. The molecule has 0 bridgehead atoms. The van der Waals surface area contributed by atoms with Gasteiger partial charge in [-0.2, -0.15) is 5.10 Å². The van der Waals surface area contributed by atoms with Crippen molar-refractivity contribution < 1.29 is 0 Å². The van der Waals surface area contributed by atoms with Gasteiger partial charge in [0.15, 0.2) is 0 Å². The van der Waals surface area contributed by atoms with E-state index in [1.807, 2.05) is 11.7 Å². The summed E-state index contributed by atoms with van der Waals surface area (Å²) >= 11 is 6.44. The van der Waals surface area contributed by atoms with Crippen molar-refractivity contribution in [2.24, 2.45) is 13.0 Å². The molecule has 1 saturated carbocycles. The van der Waals surface area contributed by atoms with Crippen molar-refractivity contribution in [1.82, 2.24) is 15.1 Å². The highest BCUT2D eigenvalue weighted by Crippen LogP contribution is 2.30. The third-order valence-electron chi connectivity index (χ3n) is 4.24. The topological polar surface area (TPSA) is 29.9 Å². The fourth-order valence-electron chi connectivity index (χ4n) is 3.12. The van der Waals surface area contributed by atoms with Crippen LogP contribution in [0.4, 0.5) is 0 Å². The zero-order chi connectivity index (χ0) is 13.1. The molecule has 2 rings (SSSR count). The molecule has 102 valence electrons. The summed E-state index contributed by atoms with van der Waals surface area (Å²) in [6.45, 7) is 2.11. The Kier molecular flexibility index (Phi) is 4.68. The monoisotopic (exact) mass is 269 g/mol. The van der Waals surface area contributed by atoms with E-state index in [0.717, 1.165) is 23.6 Å². The third kappa shape index (κ3) is 2.72. The highest BCUT2D eigenvalue weighted by Gasteiger charge is 2.26. The highest BCUT2D eigenvalue weighted by molar-refractivity contribution is 6.31. The molecule has 0 aliphatic heterocycles. The first-order chi connectivity index (χ1) is 8.67. The predicted octanol–water partition coefficient (Wildman–Crippen LogP) is 2.96. The molecular weight excluding hydrogens is 246 g/mol. The number of hydrogen-bond acceptors (Lipinski definition) is 2. The van der Waals surface area contributed by atoms with Gasteiger partial charge in [-0.25, -0.2) is 0 Å². The Bertz CT molecular complexity index is 400. The number of rotatable bonds is 4. The minimum Gasteiger partial charge on any atom is -0.317 e. The van der Waals surface area contributed by atoms with E-state index in [1.165, 1.54) is 31.4 Å². The largest absolute Gasteiger partial charge is 0.317 e. The smallest absolute Gasteiger partial charge is 0.0849 e. The van der Waals surface area contributed by atoms with Crippen LogP contribution in [0.15, 0.2) is 0 Å². The van der Waals surface area contributed by atoms with Crippen molar-refractivity contribution in [3.8, 4) is 0 Å². The Morgan fingerprint density at radius 1 is 1.39 bits per heavy atom. The number of aryl methyl sites for hydroxylation is 2. The van der Waals surface area contributed by atoms with Crippen LogP contribution in [0.25, 0.3) is 0 Å². The second-order valence-corrected chi connectivity index (χ2v) is 5.71. The minimum atomic E-state index is 0.634. The molecule has 1 fully saturated rings. The van der Waals surface area contributed by atoms with Gasteiger partial charge in [-0.1, -0.05) is 31.4 Å². The summed E-state index contributed by atoms with van der Waals surface area (Å²) in [6.07, 6.45) is 7.24. The van der Waals surface area contributed by atoms with Crippen molar-refractivity contribution >= 4 is 11.6 Å². The van der Waals surface area contributed by atoms with Crippen molar-refractivity contribution in [3.05, 3.63) is 16.4 Å². The first-order valence-electron chi connectivity index (χ1n) is 7.04. The summed E-state index contributed by atoms with van der Waals surface area (Å²) in [7, 11) is 4.09. The van der Waals surface area contributed by atoms with E-state index in [9.17, 15) is 0 Å². The molecule has 2 unspecified atom stereocenters. The van der Waals surface area contributed by atoms with Gasteiger partial charge in [0.2, 0.25) is 0 Å². The predicted molar refractivity (Wildman–Crippen MR) is 76.1 cm³/mol. The molecule has 3 nitrogen and oxygen atoms in total. The van der Waals surface area contributed by atoms with E-state index in [4.69, 9.17) is 11.6 Å². The van der Waals surface area contributed by atoms with Gasteiger partial charge in [-0.15, -0.1) is 0 Å². The van der Waals surface area contributed by atoms with Crippen LogP contribution >= 0.6 is 11.6 Å². The van der Waals surface area contributed by atoms with Gasteiger partial charge < -0.3 is 5.32 Å². The van der Waals surface area contributed by atoms with E-state index in [2.05, 4.69) is 24.4 Å². The summed E-state index contributed by atoms with van der Waals surface area (Å²) in [5.74, 6) is 0.696. The maximum Gasteiger partial charge on any atom is 0.0849 e. The average Bonchev–Trinajstić information content (AvgIpc) is 2.66. The molecule has 0 aromatic carbocycles. The lowest BCUT2D eigenvalue weighted by Crippen LogP contribution is -2.37. The van der Waals surface area contributed by atoms with Gasteiger partial charge >= 0.3 is 0 Å². The summed E-state index contributed by atoms with van der Waals surface area (Å²) < 4.78 is 1.97. The second-order valence-electron chi connectivity index (χ2n) is 5.33. The normalized spacial score (nSPS) is 24.4. The molecule has 18 heavy (non-hydrogen) atoms. The van der Waals surface area contributed by atoms with Crippen LogP contribution < -0.4 is 5.32 Å². The van der Waals surface area contributed by atoms with Gasteiger partial charge in [-0.3, -0.25) is 4.68 Å². The Morgan fingerprint density at radius 2 is 2.11 bits per heavy atom. The lowest BCUT2D eigenvalue weighted by molar-refractivity contribution is 0.269. The van der Waals surface area contributed by atoms with Crippen LogP contribution in [-0.2, 0) is 19.9 Å². The molecular formula is C14H24ClN3. The van der Waals surface area contributed by atoms with Gasteiger partial charge in [0.1, 0.15) is 0 Å². The highest BCUT2D eigenvalue weighted by atomic mass is 35.5. The van der Waals surface area contributed by atoms with Crippen LogP contribution in [0.2, 0.25) is 5.02 Å². The zero-order valence-corrected chi connectivity index (χ0v) is 12.4. The zero-order valence-electron chi connectivity index (χ0n) is 11.7. The van der Waals surface area contributed by atoms with Crippen LogP contribution in [0, 0.1) is 5.92 Å². The van der Waals surface area contributed by atoms with Gasteiger partial charge in [-0.05, 0) is 38.6 Å². The number of nitrogens with zero attached hydrogens (tertiary/aromatic N) is 2. The summed E-state index contributed by atoms with van der Waals surface area (Å²) in [5.41, 5.74) is 2.24. The molecule has 4 heteroatoms. The molecule has 1 aliphatic carbocycles. The number of nitrogens with one attached hydrogen (secondary N) is 1. The van der Waals surface area contributed by atoms with Crippen LogP contribution in [0.3, 0.4) is 0 Å². The molecule has 0 spiro atoms. The summed E-state index contributed by atoms with van der Waals surface area (Å²) in [5, 5.41) is 8.86. The molecule has 1 aromatic heterocycles. The van der Waals surface area contributed by atoms with E-state index < -0.39 is 0 Å². The SMILES string of the molecule is CCc1nn(C)c(CC2CCCCC2NC)c1Cl. The van der Waals surface area contributed by atoms with Crippen molar-refractivity contribution in [1.29, 1.82) is 0 Å². The van der Waals surface area contributed by atoms with Crippen molar-refractivity contribution in [2.75, 3.05) is 7.05 Å². The van der Waals surface area contributed by atoms with E-state index in [0.29, 0.717) is 12.0 Å². The lowest BCUT2D eigenvalue weighted by Gasteiger charge is -2.31. The summed E-state index contributed by atoms with van der Waals surface area (Å²) in [4.78, 5) is 0. The first kappa shape index (κ1) is 13.9. The quantitative estimate of drug-likeness (QED) is 0.911. The number of halogens is 1. The van der Waals surface area contributed by atoms with Gasteiger partial charge in [0.05, 0.1) is 16.4 Å². The Balaban J connectivity index is 2.15. The molecule has 1 aromatic rings. The molecule has 2 atom stereocenters. The Hall–Kier alpha value is -0.540. The first-order valence-corrected chi connectivity index (χ1v) is 7.42. The number of hydrogen-bond donors (Lipinski definition) is 1. The summed E-state index contributed by atoms with van der Waals surface area (Å²) in [6, 6.07) is 0.634. The second kappa shape index (κ2) is 6.07. The molecule has 1 heterocycles. The lowest BCUT2D eigenvalue weighted by atomic mass is 9.81. The molecule has 0 saturated heterocycles. The standard InChI is InChI=1S/C14H24ClN3/c1-4-11-14(15)13(18(3)17-11)9-10-7-5-6-8-12(10)16-2/h10,12,16H,4-9H2,1-3H3. The van der Waals surface area contributed by atoms with Gasteiger partial charge in [0.25, 0.3) is 0 Å². The molecule has 1 aliphatic rings. The maximum atomic E-state index is 6.44. The van der Waals surface area contributed by atoms with Crippen molar-refractivity contribution in [2.45, 2.75) is 51.5 Å². The molecule has 1 N–H and O–H groups in total. The fourth-order valence-corrected chi connectivity index (χ4v) is 3.49.